The maximum atomic E-state index is 5.79. The number of nitrogens with zero attached hydrogens (tertiary/aromatic N) is 1. The van der Waals surface area contributed by atoms with E-state index in [1.54, 1.807) is 0 Å². The Bertz CT molecular complexity index is 354. The highest BCUT2D eigenvalue weighted by Crippen LogP contribution is 2.10. The quantitative estimate of drug-likeness (QED) is 0.501. The zero-order chi connectivity index (χ0) is 13.4. The van der Waals surface area contributed by atoms with Gasteiger partial charge in [-0.2, -0.15) is 0 Å². The van der Waals surface area contributed by atoms with Crippen LogP contribution in [0.3, 0.4) is 0 Å². The van der Waals surface area contributed by atoms with Gasteiger partial charge in [0.1, 0.15) is 5.50 Å². The summed E-state index contributed by atoms with van der Waals surface area (Å²) in [6.07, 6.45) is 2.93. The lowest BCUT2D eigenvalue weighted by Gasteiger charge is -2.25. The Labute approximate surface area is 117 Å². The summed E-state index contributed by atoms with van der Waals surface area (Å²) in [5.41, 5.74) is 7.85. The number of nitrogens with two attached hydrogens (primary N) is 1. The molecule has 1 aromatic carbocycles. The third-order valence-corrected chi connectivity index (χ3v) is 3.09. The van der Waals surface area contributed by atoms with E-state index in [1.165, 1.54) is 0 Å². The van der Waals surface area contributed by atoms with Gasteiger partial charge in [0, 0.05) is 26.7 Å². The molecule has 0 saturated carbocycles. The zero-order valence-corrected chi connectivity index (χ0v) is 11.9. The third-order valence-electron chi connectivity index (χ3n) is 2.76. The molecule has 0 amide bonds. The van der Waals surface area contributed by atoms with Gasteiger partial charge in [0.05, 0.1) is 0 Å². The summed E-state index contributed by atoms with van der Waals surface area (Å²) in [7, 11) is 0. The number of anilines is 1. The number of nitrogens with one attached hydrogen (secondary N) is 1. The summed E-state index contributed by atoms with van der Waals surface area (Å²) >= 11 is 4.28. The first-order chi connectivity index (χ1) is 8.67. The molecule has 3 nitrogen and oxygen atoms in total. The summed E-state index contributed by atoms with van der Waals surface area (Å²) in [5.74, 6) is 0. The SMILES string of the molecule is C=Cc1ccc(NCCN(CCC)C(N)S)cc1.[HH]. The second-order valence-corrected chi connectivity index (χ2v) is 4.73. The molecule has 1 unspecified atom stereocenters. The van der Waals surface area contributed by atoms with E-state index in [9.17, 15) is 0 Å². The molecule has 102 valence electrons. The van der Waals surface area contributed by atoms with Crippen molar-refractivity contribution in [2.24, 2.45) is 5.73 Å². The van der Waals surface area contributed by atoms with Gasteiger partial charge in [0.15, 0.2) is 0 Å². The van der Waals surface area contributed by atoms with Gasteiger partial charge < -0.3 is 11.1 Å². The lowest BCUT2D eigenvalue weighted by Crippen LogP contribution is -2.41. The van der Waals surface area contributed by atoms with E-state index in [2.05, 4.69) is 48.5 Å². The fourth-order valence-corrected chi connectivity index (χ4v) is 1.98. The maximum Gasteiger partial charge on any atom is 0.103 e. The van der Waals surface area contributed by atoms with Crippen LogP contribution in [-0.2, 0) is 0 Å². The van der Waals surface area contributed by atoms with E-state index < -0.39 is 0 Å². The Kier molecular flexibility index (Phi) is 6.86. The fraction of sp³-hybridized carbons (Fsp3) is 0.429. The zero-order valence-electron chi connectivity index (χ0n) is 11.0. The standard InChI is InChI=1S/C14H23N3S.H2/c1-3-10-17(14(15)18)11-9-16-13-7-5-12(4-2)6-8-13;/h4-8,14,16,18H,2-3,9-11,15H2,1H3;1H. The van der Waals surface area contributed by atoms with Crippen molar-refractivity contribution in [2.75, 3.05) is 25.0 Å². The largest absolute Gasteiger partial charge is 0.384 e. The second-order valence-electron chi connectivity index (χ2n) is 4.20. The molecule has 0 aliphatic rings. The number of rotatable bonds is 8. The number of thiol groups is 1. The lowest BCUT2D eigenvalue weighted by atomic mass is 10.2. The van der Waals surface area contributed by atoms with Gasteiger partial charge in [-0.05, 0) is 24.1 Å². The van der Waals surface area contributed by atoms with Crippen LogP contribution < -0.4 is 11.1 Å². The Morgan fingerprint density at radius 2 is 2.11 bits per heavy atom. The second kappa shape index (κ2) is 8.19. The number of benzene rings is 1. The van der Waals surface area contributed by atoms with E-state index >= 15 is 0 Å². The van der Waals surface area contributed by atoms with Crippen LogP contribution >= 0.6 is 12.6 Å². The van der Waals surface area contributed by atoms with Crippen LogP contribution in [0.2, 0.25) is 0 Å². The van der Waals surface area contributed by atoms with Crippen LogP contribution in [0.5, 0.6) is 0 Å². The highest BCUT2D eigenvalue weighted by Gasteiger charge is 2.08. The first kappa shape index (κ1) is 15.1. The van der Waals surface area contributed by atoms with Crippen molar-refractivity contribution in [3.63, 3.8) is 0 Å². The first-order valence-corrected chi connectivity index (χ1v) is 6.83. The van der Waals surface area contributed by atoms with Crippen molar-refractivity contribution < 1.29 is 1.43 Å². The van der Waals surface area contributed by atoms with Gasteiger partial charge in [-0.15, -0.1) is 12.6 Å². The van der Waals surface area contributed by atoms with Gasteiger partial charge in [0.2, 0.25) is 0 Å². The Hall–Kier alpha value is -0.970. The molecule has 1 aromatic rings. The molecule has 18 heavy (non-hydrogen) atoms. The molecule has 3 N–H and O–H groups in total. The van der Waals surface area contributed by atoms with E-state index in [4.69, 9.17) is 5.73 Å². The van der Waals surface area contributed by atoms with E-state index in [1.807, 2.05) is 18.2 Å². The normalized spacial score (nSPS) is 12.4. The molecule has 1 rings (SSSR count). The Morgan fingerprint density at radius 1 is 1.44 bits per heavy atom. The van der Waals surface area contributed by atoms with Gasteiger partial charge in [-0.3, -0.25) is 4.90 Å². The highest BCUT2D eigenvalue weighted by molar-refractivity contribution is 7.80. The van der Waals surface area contributed by atoms with Crippen molar-refractivity contribution in [2.45, 2.75) is 18.8 Å². The van der Waals surface area contributed by atoms with E-state index in [-0.39, 0.29) is 6.92 Å². The summed E-state index contributed by atoms with van der Waals surface area (Å²) in [4.78, 5) is 2.15. The van der Waals surface area contributed by atoms with Crippen LogP contribution in [0.4, 0.5) is 5.69 Å². The van der Waals surface area contributed by atoms with Crippen LogP contribution in [0.15, 0.2) is 30.8 Å². The summed E-state index contributed by atoms with van der Waals surface area (Å²) in [5, 5.41) is 3.37. The summed E-state index contributed by atoms with van der Waals surface area (Å²) in [6.45, 7) is 8.61. The molecular formula is C14H25N3S. The van der Waals surface area contributed by atoms with Gasteiger partial charge in [-0.25, -0.2) is 0 Å². The molecule has 0 bridgehead atoms. The monoisotopic (exact) mass is 267 g/mol. The minimum Gasteiger partial charge on any atom is -0.384 e. The molecule has 0 aromatic heterocycles. The van der Waals surface area contributed by atoms with E-state index in [0.717, 1.165) is 37.3 Å². The number of hydrogen-bond donors (Lipinski definition) is 3. The van der Waals surface area contributed by atoms with Crippen LogP contribution in [-0.4, -0.2) is 30.0 Å². The Morgan fingerprint density at radius 3 is 2.61 bits per heavy atom. The minimum absolute atomic E-state index is 0. The summed E-state index contributed by atoms with van der Waals surface area (Å²) < 4.78 is 0. The van der Waals surface area contributed by atoms with E-state index in [0.29, 0.717) is 0 Å². The fourth-order valence-electron chi connectivity index (χ4n) is 1.74. The molecule has 0 radical (unpaired) electrons. The van der Waals surface area contributed by atoms with Crippen molar-refractivity contribution in [3.05, 3.63) is 36.4 Å². The summed E-state index contributed by atoms with van der Waals surface area (Å²) in [6, 6.07) is 8.20. The average Bonchev–Trinajstić information content (AvgIpc) is 2.38. The van der Waals surface area contributed by atoms with Crippen molar-refractivity contribution in [3.8, 4) is 0 Å². The van der Waals surface area contributed by atoms with Crippen LogP contribution in [0.1, 0.15) is 20.3 Å². The maximum absolute atomic E-state index is 5.79. The van der Waals surface area contributed by atoms with Crippen LogP contribution in [0.25, 0.3) is 6.08 Å². The topological polar surface area (TPSA) is 41.3 Å². The van der Waals surface area contributed by atoms with Crippen molar-refractivity contribution in [1.82, 2.24) is 4.90 Å². The minimum atomic E-state index is -0.185. The van der Waals surface area contributed by atoms with Gasteiger partial charge >= 0.3 is 0 Å². The van der Waals surface area contributed by atoms with Gasteiger partial charge in [-0.1, -0.05) is 31.7 Å². The molecule has 0 aliphatic carbocycles. The van der Waals surface area contributed by atoms with Crippen LogP contribution in [0, 0.1) is 0 Å². The highest BCUT2D eigenvalue weighted by atomic mass is 32.1. The molecule has 0 heterocycles. The molecule has 1 atom stereocenters. The lowest BCUT2D eigenvalue weighted by molar-refractivity contribution is 0.271. The molecule has 0 aliphatic heterocycles. The molecule has 4 heteroatoms. The van der Waals surface area contributed by atoms with Crippen molar-refractivity contribution in [1.29, 1.82) is 0 Å². The molecule has 0 fully saturated rings. The van der Waals surface area contributed by atoms with Gasteiger partial charge in [0.25, 0.3) is 0 Å². The van der Waals surface area contributed by atoms with Crippen molar-refractivity contribution >= 4 is 24.4 Å². The first-order valence-electron chi connectivity index (χ1n) is 6.31. The average molecular weight is 267 g/mol. The number of hydrogen-bond acceptors (Lipinski definition) is 4. The molecular weight excluding hydrogens is 242 g/mol. The predicted octanol–water partition coefficient (Wildman–Crippen LogP) is 2.87. The molecule has 0 saturated heterocycles. The smallest absolute Gasteiger partial charge is 0.103 e. The Balaban J connectivity index is 0.00000324. The predicted molar refractivity (Wildman–Crippen MR) is 86.0 cm³/mol. The molecule has 0 spiro atoms. The third kappa shape index (κ3) is 5.12.